The van der Waals surface area contributed by atoms with Crippen molar-refractivity contribution < 1.29 is 13.2 Å². The van der Waals surface area contributed by atoms with Crippen LogP contribution in [0.5, 0.6) is 0 Å². The highest BCUT2D eigenvalue weighted by Crippen LogP contribution is 2.36. The molecule has 0 spiro atoms. The third kappa shape index (κ3) is 3.81. The van der Waals surface area contributed by atoms with Gasteiger partial charge in [-0.15, -0.1) is 0 Å². The Kier molecular flexibility index (Phi) is 5.13. The molecule has 2 aromatic rings. The summed E-state index contributed by atoms with van der Waals surface area (Å²) in [5, 5.41) is 6.94. The molecule has 1 aromatic heterocycles. The van der Waals surface area contributed by atoms with E-state index in [1.807, 2.05) is 7.05 Å². The summed E-state index contributed by atoms with van der Waals surface area (Å²) < 4.78 is 38.1. The van der Waals surface area contributed by atoms with Crippen LogP contribution in [0.2, 0.25) is 5.02 Å². The van der Waals surface area contributed by atoms with Gasteiger partial charge in [0.1, 0.15) is 0 Å². The van der Waals surface area contributed by atoms with Crippen molar-refractivity contribution in [1.29, 1.82) is 0 Å². The van der Waals surface area contributed by atoms with Crippen LogP contribution in [0.15, 0.2) is 24.4 Å². The fraction of sp³-hybridized carbons (Fsp3) is 0.400. The summed E-state index contributed by atoms with van der Waals surface area (Å²) in [6, 6.07) is 3.32. The van der Waals surface area contributed by atoms with E-state index in [4.69, 9.17) is 11.6 Å². The predicted molar refractivity (Wildman–Crippen MR) is 80.7 cm³/mol. The molecule has 0 saturated carbocycles. The number of hydrogen-bond donors (Lipinski definition) is 1. The van der Waals surface area contributed by atoms with Crippen molar-refractivity contribution in [3.63, 3.8) is 0 Å². The van der Waals surface area contributed by atoms with Crippen LogP contribution in [-0.2, 0) is 12.7 Å². The van der Waals surface area contributed by atoms with E-state index in [1.165, 1.54) is 6.07 Å². The second-order valence-corrected chi connectivity index (χ2v) is 5.60. The summed E-state index contributed by atoms with van der Waals surface area (Å²) >= 11 is 6.03. The summed E-state index contributed by atoms with van der Waals surface area (Å²) in [7, 11) is 1.98. The Balaban J connectivity index is 2.31. The minimum Gasteiger partial charge on any atom is -0.302 e. The van der Waals surface area contributed by atoms with Crippen LogP contribution in [0.25, 0.3) is 11.3 Å². The summed E-state index contributed by atoms with van der Waals surface area (Å²) in [6.07, 6.45) is -1.64. The van der Waals surface area contributed by atoms with Gasteiger partial charge in [-0.05, 0) is 32.1 Å². The number of rotatable bonds is 5. The Bertz CT molecular complexity index is 637. The van der Waals surface area contributed by atoms with Gasteiger partial charge >= 0.3 is 6.18 Å². The van der Waals surface area contributed by atoms with Crippen LogP contribution in [0.1, 0.15) is 24.5 Å². The van der Waals surface area contributed by atoms with E-state index >= 15 is 0 Å². The third-order valence-corrected chi connectivity index (χ3v) is 3.63. The van der Waals surface area contributed by atoms with Crippen LogP contribution in [0, 0.1) is 0 Å². The number of aromatic amines is 1. The molecule has 0 atom stereocenters. The van der Waals surface area contributed by atoms with E-state index in [1.54, 1.807) is 6.20 Å². The van der Waals surface area contributed by atoms with Gasteiger partial charge in [0.05, 0.1) is 16.3 Å². The van der Waals surface area contributed by atoms with Crippen molar-refractivity contribution in [3.8, 4) is 11.3 Å². The van der Waals surface area contributed by atoms with Crippen LogP contribution in [-0.4, -0.2) is 28.7 Å². The number of alkyl halides is 3. The quantitative estimate of drug-likeness (QED) is 0.869. The van der Waals surface area contributed by atoms with Crippen molar-refractivity contribution in [3.05, 3.63) is 40.5 Å². The third-order valence-electron chi connectivity index (χ3n) is 3.32. The smallest absolute Gasteiger partial charge is 0.302 e. The predicted octanol–water partition coefficient (Wildman–Crippen LogP) is 4.59. The Morgan fingerprint density at radius 2 is 2.05 bits per heavy atom. The van der Waals surface area contributed by atoms with Gasteiger partial charge in [0.2, 0.25) is 0 Å². The van der Waals surface area contributed by atoms with E-state index in [-0.39, 0.29) is 5.02 Å². The highest BCUT2D eigenvalue weighted by Gasteiger charge is 2.31. The standard InChI is InChI=1S/C15H17ClF3N3/c1-3-6-22(2)9-10-8-20-21-14(10)12-5-4-11(7-13(12)16)15(17,18)19/h4-5,7-8H,3,6,9H2,1-2H3,(H,20,21). The zero-order valence-electron chi connectivity index (χ0n) is 12.3. The first-order valence-corrected chi connectivity index (χ1v) is 7.29. The number of aromatic nitrogens is 2. The number of nitrogens with one attached hydrogen (secondary N) is 1. The summed E-state index contributed by atoms with van der Waals surface area (Å²) in [4.78, 5) is 2.12. The fourth-order valence-electron chi connectivity index (χ4n) is 2.30. The first-order chi connectivity index (χ1) is 10.3. The normalized spacial score (nSPS) is 12.1. The van der Waals surface area contributed by atoms with Crippen molar-refractivity contribution >= 4 is 11.6 Å². The summed E-state index contributed by atoms with van der Waals surface area (Å²) in [5.74, 6) is 0. The topological polar surface area (TPSA) is 31.9 Å². The van der Waals surface area contributed by atoms with Gasteiger partial charge in [0.15, 0.2) is 0 Å². The molecule has 0 aliphatic heterocycles. The molecular formula is C15H17ClF3N3. The first-order valence-electron chi connectivity index (χ1n) is 6.91. The average molecular weight is 332 g/mol. The summed E-state index contributed by atoms with van der Waals surface area (Å²) in [5.41, 5.74) is 1.22. The van der Waals surface area contributed by atoms with Gasteiger partial charge in [0, 0.05) is 23.9 Å². The molecule has 2 rings (SSSR count). The van der Waals surface area contributed by atoms with Crippen LogP contribution in [0.4, 0.5) is 13.2 Å². The lowest BCUT2D eigenvalue weighted by Gasteiger charge is -2.15. The second-order valence-electron chi connectivity index (χ2n) is 5.19. The molecule has 7 heteroatoms. The maximum atomic E-state index is 12.7. The van der Waals surface area contributed by atoms with Gasteiger partial charge in [-0.2, -0.15) is 18.3 Å². The molecule has 0 amide bonds. The molecule has 3 nitrogen and oxygen atoms in total. The molecule has 0 fully saturated rings. The van der Waals surface area contributed by atoms with Crippen molar-refractivity contribution in [2.45, 2.75) is 26.1 Å². The van der Waals surface area contributed by atoms with Gasteiger partial charge in [-0.3, -0.25) is 5.10 Å². The monoisotopic (exact) mass is 331 g/mol. The Hall–Kier alpha value is -1.53. The largest absolute Gasteiger partial charge is 0.416 e. The number of benzene rings is 1. The number of nitrogens with zero attached hydrogens (tertiary/aromatic N) is 2. The fourth-order valence-corrected chi connectivity index (χ4v) is 2.57. The van der Waals surface area contributed by atoms with Gasteiger partial charge in [-0.25, -0.2) is 0 Å². The molecule has 0 radical (unpaired) electrons. The molecule has 0 unspecified atom stereocenters. The number of halogens is 4. The highest BCUT2D eigenvalue weighted by molar-refractivity contribution is 6.33. The van der Waals surface area contributed by atoms with E-state index in [0.29, 0.717) is 17.8 Å². The molecule has 1 N–H and O–H groups in total. The zero-order chi connectivity index (χ0) is 16.3. The van der Waals surface area contributed by atoms with E-state index in [9.17, 15) is 13.2 Å². The first kappa shape index (κ1) is 16.8. The molecule has 0 bridgehead atoms. The van der Waals surface area contributed by atoms with Crippen LogP contribution < -0.4 is 0 Å². The van der Waals surface area contributed by atoms with E-state index in [0.717, 1.165) is 30.7 Å². The minimum atomic E-state index is -4.40. The SMILES string of the molecule is CCCN(C)Cc1c[nH]nc1-c1ccc(C(F)(F)F)cc1Cl. The minimum absolute atomic E-state index is 0.0429. The molecular weight excluding hydrogens is 315 g/mol. The highest BCUT2D eigenvalue weighted by atomic mass is 35.5. The van der Waals surface area contributed by atoms with Gasteiger partial charge < -0.3 is 4.90 Å². The van der Waals surface area contributed by atoms with Gasteiger partial charge in [0.25, 0.3) is 0 Å². The second kappa shape index (κ2) is 6.71. The lowest BCUT2D eigenvalue weighted by molar-refractivity contribution is -0.137. The molecule has 0 saturated heterocycles. The molecule has 0 aliphatic carbocycles. The molecule has 0 aliphatic rings. The number of H-pyrrole nitrogens is 1. The van der Waals surface area contributed by atoms with E-state index < -0.39 is 11.7 Å². The van der Waals surface area contributed by atoms with Crippen molar-refractivity contribution in [2.75, 3.05) is 13.6 Å². The van der Waals surface area contributed by atoms with Crippen molar-refractivity contribution in [1.82, 2.24) is 15.1 Å². The Morgan fingerprint density at radius 1 is 1.32 bits per heavy atom. The molecule has 120 valence electrons. The average Bonchev–Trinajstić information content (AvgIpc) is 2.85. The van der Waals surface area contributed by atoms with E-state index in [2.05, 4.69) is 22.0 Å². The Morgan fingerprint density at radius 3 is 2.64 bits per heavy atom. The molecule has 1 aromatic carbocycles. The summed E-state index contributed by atoms with van der Waals surface area (Å²) in [6.45, 7) is 3.65. The number of hydrogen-bond acceptors (Lipinski definition) is 2. The zero-order valence-corrected chi connectivity index (χ0v) is 13.1. The Labute approximate surface area is 132 Å². The molecule has 22 heavy (non-hydrogen) atoms. The van der Waals surface area contributed by atoms with Crippen molar-refractivity contribution in [2.24, 2.45) is 0 Å². The van der Waals surface area contributed by atoms with Crippen LogP contribution >= 0.6 is 11.6 Å². The lowest BCUT2D eigenvalue weighted by Crippen LogP contribution is -2.18. The maximum Gasteiger partial charge on any atom is 0.416 e. The van der Waals surface area contributed by atoms with Crippen LogP contribution in [0.3, 0.4) is 0 Å². The molecule has 1 heterocycles. The lowest BCUT2D eigenvalue weighted by atomic mass is 10.1. The maximum absolute atomic E-state index is 12.7. The van der Waals surface area contributed by atoms with Gasteiger partial charge in [-0.1, -0.05) is 24.6 Å².